The minimum Gasteiger partial charge on any atom is -0.357 e. The number of imidazole rings is 1. The second kappa shape index (κ2) is 5.25. The van der Waals surface area contributed by atoms with Crippen LogP contribution in [0.3, 0.4) is 0 Å². The molecule has 0 aliphatic heterocycles. The summed E-state index contributed by atoms with van der Waals surface area (Å²) in [5, 5.41) is 12.0. The molecule has 102 valence electrons. The van der Waals surface area contributed by atoms with Gasteiger partial charge in [0.1, 0.15) is 12.7 Å². The van der Waals surface area contributed by atoms with Crippen molar-refractivity contribution < 1.29 is 0 Å². The largest absolute Gasteiger partial charge is 0.357 e. The van der Waals surface area contributed by atoms with Gasteiger partial charge in [-0.2, -0.15) is 15.0 Å². The van der Waals surface area contributed by atoms with Gasteiger partial charge in [0.05, 0.1) is 0 Å². The molecule has 0 saturated heterocycles. The third-order valence-electron chi connectivity index (χ3n) is 2.41. The molecule has 0 aliphatic rings. The van der Waals surface area contributed by atoms with Crippen LogP contribution >= 0.6 is 11.8 Å². The predicted molar refractivity (Wildman–Crippen MR) is 71.6 cm³/mol. The van der Waals surface area contributed by atoms with E-state index < -0.39 is 0 Å². The number of aromatic nitrogens is 8. The molecule has 0 radical (unpaired) electrons. The summed E-state index contributed by atoms with van der Waals surface area (Å²) in [7, 11) is 3.61. The van der Waals surface area contributed by atoms with Crippen LogP contribution in [0.25, 0.3) is 5.95 Å². The van der Waals surface area contributed by atoms with Gasteiger partial charge in [-0.25, -0.2) is 4.98 Å². The second-order valence-corrected chi connectivity index (χ2v) is 4.72. The van der Waals surface area contributed by atoms with Gasteiger partial charge in [0.15, 0.2) is 5.16 Å². The molecule has 0 atom stereocenters. The molecule has 1 N–H and O–H groups in total. The molecular weight excluding hydrogens is 278 g/mol. The highest BCUT2D eigenvalue weighted by molar-refractivity contribution is 7.99. The van der Waals surface area contributed by atoms with Crippen LogP contribution in [0.5, 0.6) is 0 Å². The maximum atomic E-state index is 4.38. The van der Waals surface area contributed by atoms with Crippen LogP contribution in [0.4, 0.5) is 5.95 Å². The number of rotatable bonds is 4. The summed E-state index contributed by atoms with van der Waals surface area (Å²) in [6.07, 6.45) is 6.69. The normalized spacial score (nSPS) is 10.7. The van der Waals surface area contributed by atoms with Gasteiger partial charge in [-0.05, 0) is 11.8 Å². The van der Waals surface area contributed by atoms with Crippen LogP contribution in [0.1, 0.15) is 0 Å². The van der Waals surface area contributed by atoms with E-state index in [0.717, 1.165) is 0 Å². The van der Waals surface area contributed by atoms with E-state index in [1.807, 2.05) is 7.05 Å². The summed E-state index contributed by atoms with van der Waals surface area (Å²) >= 11 is 1.32. The lowest BCUT2D eigenvalue weighted by Crippen LogP contribution is -2.06. The van der Waals surface area contributed by atoms with Crippen molar-refractivity contribution in [1.29, 1.82) is 0 Å². The third-order valence-corrected chi connectivity index (χ3v) is 3.33. The highest BCUT2D eigenvalue weighted by atomic mass is 32.2. The van der Waals surface area contributed by atoms with E-state index >= 15 is 0 Å². The molecule has 0 saturated carbocycles. The minimum atomic E-state index is 0.480. The van der Waals surface area contributed by atoms with Gasteiger partial charge in [-0.15, -0.1) is 10.2 Å². The molecular formula is C10H11N9S. The fraction of sp³-hybridized carbons (Fsp3) is 0.200. The highest BCUT2D eigenvalue weighted by Crippen LogP contribution is 2.22. The van der Waals surface area contributed by atoms with Crippen molar-refractivity contribution in [3.05, 3.63) is 25.0 Å². The molecule has 0 aliphatic carbocycles. The van der Waals surface area contributed by atoms with Crippen LogP contribution < -0.4 is 5.32 Å². The van der Waals surface area contributed by atoms with E-state index in [9.17, 15) is 0 Å². The summed E-state index contributed by atoms with van der Waals surface area (Å²) < 4.78 is 3.51. The standard InChI is InChI=1S/C10H11N9S/c1-11-7-14-8(19-4-3-12-5-19)16-9(15-7)20-10-17-13-6-18(10)2/h3-6H,1-2H3,(H,11,14,15,16). The van der Waals surface area contributed by atoms with E-state index in [2.05, 4.69) is 35.5 Å². The van der Waals surface area contributed by atoms with Crippen molar-refractivity contribution in [2.45, 2.75) is 10.3 Å². The van der Waals surface area contributed by atoms with Gasteiger partial charge in [0.2, 0.25) is 17.1 Å². The van der Waals surface area contributed by atoms with Crippen molar-refractivity contribution >= 4 is 17.7 Å². The van der Waals surface area contributed by atoms with E-state index in [4.69, 9.17) is 0 Å². The smallest absolute Gasteiger partial charge is 0.240 e. The van der Waals surface area contributed by atoms with E-state index in [1.165, 1.54) is 11.8 Å². The summed E-state index contributed by atoms with van der Waals surface area (Å²) in [5.41, 5.74) is 0. The maximum Gasteiger partial charge on any atom is 0.240 e. The first-order chi connectivity index (χ1) is 9.76. The predicted octanol–water partition coefficient (Wildman–Crippen LogP) is 0.379. The van der Waals surface area contributed by atoms with Crippen LogP contribution in [0, 0.1) is 0 Å². The summed E-state index contributed by atoms with van der Waals surface area (Å²) in [5.74, 6) is 0.972. The number of hydrogen-bond donors (Lipinski definition) is 1. The van der Waals surface area contributed by atoms with E-state index in [1.54, 1.807) is 41.2 Å². The Morgan fingerprint density at radius 2 is 2.10 bits per heavy atom. The number of hydrogen-bond acceptors (Lipinski definition) is 8. The SMILES string of the molecule is CNc1nc(Sc2nncn2C)nc(-n2ccnc2)n1. The van der Waals surface area contributed by atoms with E-state index in [0.29, 0.717) is 22.2 Å². The number of aryl methyl sites for hydroxylation is 1. The van der Waals surface area contributed by atoms with Gasteiger partial charge in [0, 0.05) is 26.5 Å². The Hall–Kier alpha value is -2.49. The zero-order valence-corrected chi connectivity index (χ0v) is 11.6. The molecule has 0 fully saturated rings. The lowest BCUT2D eigenvalue weighted by Gasteiger charge is -2.06. The Bertz CT molecular complexity index is 705. The van der Waals surface area contributed by atoms with Crippen LogP contribution in [-0.2, 0) is 7.05 Å². The third kappa shape index (κ3) is 2.45. The molecule has 3 rings (SSSR count). The Morgan fingerprint density at radius 3 is 2.75 bits per heavy atom. The minimum absolute atomic E-state index is 0.480. The van der Waals surface area contributed by atoms with Crippen LogP contribution in [-0.4, -0.2) is 46.3 Å². The lowest BCUT2D eigenvalue weighted by molar-refractivity contribution is 0.777. The molecule has 0 bridgehead atoms. The van der Waals surface area contributed by atoms with Crippen molar-refractivity contribution in [1.82, 2.24) is 39.3 Å². The summed E-state index contributed by atoms with van der Waals surface area (Å²) in [6, 6.07) is 0. The molecule has 10 heteroatoms. The molecule has 9 nitrogen and oxygen atoms in total. The van der Waals surface area contributed by atoms with Crippen LogP contribution in [0.15, 0.2) is 35.4 Å². The average Bonchev–Trinajstić information content (AvgIpc) is 3.11. The van der Waals surface area contributed by atoms with Gasteiger partial charge in [0.25, 0.3) is 0 Å². The van der Waals surface area contributed by atoms with Crippen molar-refractivity contribution in [3.8, 4) is 5.95 Å². The average molecular weight is 289 g/mol. The summed E-state index contributed by atoms with van der Waals surface area (Å²) in [6.45, 7) is 0. The topological polar surface area (TPSA) is 99.2 Å². The first-order valence-corrected chi connectivity index (χ1v) is 6.52. The fourth-order valence-electron chi connectivity index (χ4n) is 1.44. The Kier molecular flexibility index (Phi) is 3.29. The fourth-order valence-corrected chi connectivity index (χ4v) is 2.14. The number of nitrogens with one attached hydrogen (secondary N) is 1. The Labute approximate surface area is 118 Å². The van der Waals surface area contributed by atoms with Gasteiger partial charge in [-0.1, -0.05) is 0 Å². The molecule has 0 amide bonds. The number of nitrogens with zero attached hydrogens (tertiary/aromatic N) is 8. The molecule has 0 spiro atoms. The number of anilines is 1. The zero-order valence-electron chi connectivity index (χ0n) is 10.8. The lowest BCUT2D eigenvalue weighted by atomic mass is 10.8. The first-order valence-electron chi connectivity index (χ1n) is 5.70. The molecule has 0 unspecified atom stereocenters. The monoisotopic (exact) mass is 289 g/mol. The van der Waals surface area contributed by atoms with Gasteiger partial charge < -0.3 is 9.88 Å². The molecule has 20 heavy (non-hydrogen) atoms. The first kappa shape index (κ1) is 12.5. The molecule has 3 aromatic heterocycles. The Balaban J connectivity index is 1.98. The molecule has 3 aromatic rings. The van der Waals surface area contributed by atoms with Crippen molar-refractivity contribution in [3.63, 3.8) is 0 Å². The summed E-state index contributed by atoms with van der Waals surface area (Å²) in [4.78, 5) is 16.9. The molecule has 3 heterocycles. The van der Waals surface area contributed by atoms with Crippen LogP contribution in [0.2, 0.25) is 0 Å². The van der Waals surface area contributed by atoms with E-state index in [-0.39, 0.29) is 0 Å². The highest BCUT2D eigenvalue weighted by Gasteiger charge is 2.11. The second-order valence-electron chi connectivity index (χ2n) is 3.79. The van der Waals surface area contributed by atoms with Gasteiger partial charge in [-0.3, -0.25) is 4.57 Å². The quantitative estimate of drug-likeness (QED) is 0.736. The Morgan fingerprint density at radius 1 is 1.20 bits per heavy atom. The zero-order chi connectivity index (χ0) is 13.9. The van der Waals surface area contributed by atoms with Crippen molar-refractivity contribution in [2.75, 3.05) is 12.4 Å². The van der Waals surface area contributed by atoms with Gasteiger partial charge >= 0.3 is 0 Å². The maximum absolute atomic E-state index is 4.38. The molecule has 0 aromatic carbocycles. The van der Waals surface area contributed by atoms with Crippen molar-refractivity contribution in [2.24, 2.45) is 7.05 Å².